The van der Waals surface area contributed by atoms with Crippen molar-refractivity contribution in [3.05, 3.63) is 51.6 Å². The first-order valence-corrected chi connectivity index (χ1v) is 9.70. The summed E-state index contributed by atoms with van der Waals surface area (Å²) in [6, 6.07) is 6.33. The van der Waals surface area contributed by atoms with Gasteiger partial charge in [-0.1, -0.05) is 0 Å². The summed E-state index contributed by atoms with van der Waals surface area (Å²) in [6.45, 7) is 1.41. The standard InChI is InChI=1S/C18H20N2O8S/c1-11-7-13(20(22)23)5-6-16(11)29(24,25)19-17(21)10-12-8-14(26-2)18(28-4)15(9-12)27-3/h5-9H,10H2,1-4H3,(H,19,21). The third-order valence-electron chi connectivity index (χ3n) is 4.00. The van der Waals surface area contributed by atoms with Crippen molar-refractivity contribution >= 4 is 21.6 Å². The zero-order valence-electron chi connectivity index (χ0n) is 16.2. The molecule has 0 aromatic heterocycles. The van der Waals surface area contributed by atoms with Crippen molar-refractivity contribution in [2.45, 2.75) is 18.2 Å². The molecule has 10 nitrogen and oxygen atoms in total. The number of aryl methyl sites for hydroxylation is 1. The molecule has 0 saturated carbocycles. The Morgan fingerprint density at radius 1 is 1.07 bits per heavy atom. The van der Waals surface area contributed by atoms with Crippen LogP contribution in [0.15, 0.2) is 35.2 Å². The van der Waals surface area contributed by atoms with E-state index in [9.17, 15) is 23.3 Å². The fourth-order valence-electron chi connectivity index (χ4n) is 2.71. The normalized spacial score (nSPS) is 10.9. The van der Waals surface area contributed by atoms with Crippen molar-refractivity contribution in [1.82, 2.24) is 4.72 Å². The lowest BCUT2D eigenvalue weighted by molar-refractivity contribution is -0.385. The Morgan fingerprint density at radius 2 is 1.66 bits per heavy atom. The quantitative estimate of drug-likeness (QED) is 0.502. The molecule has 2 aromatic rings. The number of nitrogens with one attached hydrogen (secondary N) is 1. The van der Waals surface area contributed by atoms with E-state index in [4.69, 9.17) is 14.2 Å². The van der Waals surface area contributed by atoms with Crippen molar-refractivity contribution in [2.24, 2.45) is 0 Å². The summed E-state index contributed by atoms with van der Waals surface area (Å²) < 4.78 is 42.6. The summed E-state index contributed by atoms with van der Waals surface area (Å²) in [6.07, 6.45) is -0.276. The first kappa shape index (κ1) is 22.0. The van der Waals surface area contributed by atoms with Crippen LogP contribution in [0.5, 0.6) is 17.2 Å². The molecule has 0 unspecified atom stereocenters. The summed E-state index contributed by atoms with van der Waals surface area (Å²) in [4.78, 5) is 22.3. The van der Waals surface area contributed by atoms with E-state index >= 15 is 0 Å². The third kappa shape index (κ3) is 4.93. The summed E-state index contributed by atoms with van der Waals surface area (Å²) in [5.41, 5.74) is 0.338. The smallest absolute Gasteiger partial charge is 0.269 e. The lowest BCUT2D eigenvalue weighted by atomic mass is 10.1. The lowest BCUT2D eigenvalue weighted by Gasteiger charge is -2.14. The molecule has 0 saturated heterocycles. The molecule has 2 rings (SSSR count). The van der Waals surface area contributed by atoms with Crippen LogP contribution in [0, 0.1) is 17.0 Å². The summed E-state index contributed by atoms with van der Waals surface area (Å²) in [5, 5.41) is 10.8. The Bertz CT molecular complexity index is 1020. The molecule has 0 aliphatic heterocycles. The zero-order chi connectivity index (χ0) is 21.8. The first-order chi connectivity index (χ1) is 13.6. The fraction of sp³-hybridized carbons (Fsp3) is 0.278. The molecule has 156 valence electrons. The number of hydrogen-bond donors (Lipinski definition) is 1. The molecular weight excluding hydrogens is 404 g/mol. The zero-order valence-corrected chi connectivity index (χ0v) is 17.0. The van der Waals surface area contributed by atoms with Gasteiger partial charge < -0.3 is 14.2 Å². The van der Waals surface area contributed by atoms with Crippen LogP contribution in [0.3, 0.4) is 0 Å². The van der Waals surface area contributed by atoms with Crippen molar-refractivity contribution in [3.8, 4) is 17.2 Å². The number of nitro groups is 1. The Morgan fingerprint density at radius 3 is 2.10 bits per heavy atom. The number of hydrogen-bond acceptors (Lipinski definition) is 8. The Kier molecular flexibility index (Phi) is 6.64. The van der Waals surface area contributed by atoms with Crippen molar-refractivity contribution < 1.29 is 32.3 Å². The topological polar surface area (TPSA) is 134 Å². The molecule has 1 amide bonds. The Balaban J connectivity index is 2.25. The van der Waals surface area contributed by atoms with E-state index in [1.165, 1.54) is 40.4 Å². The van der Waals surface area contributed by atoms with Crippen LogP contribution in [0.25, 0.3) is 0 Å². The molecule has 0 bridgehead atoms. The SMILES string of the molecule is COc1cc(CC(=O)NS(=O)(=O)c2ccc([N+](=O)[O-])cc2C)cc(OC)c1OC. The molecular formula is C18H20N2O8S. The highest BCUT2D eigenvalue weighted by molar-refractivity contribution is 7.90. The van der Waals surface area contributed by atoms with Crippen LogP contribution in [-0.4, -0.2) is 40.6 Å². The van der Waals surface area contributed by atoms with E-state index in [0.717, 1.165) is 18.2 Å². The summed E-state index contributed by atoms with van der Waals surface area (Å²) in [5.74, 6) is 0.192. The second-order valence-electron chi connectivity index (χ2n) is 5.95. The number of benzene rings is 2. The average molecular weight is 424 g/mol. The van der Waals surface area contributed by atoms with Gasteiger partial charge >= 0.3 is 0 Å². The van der Waals surface area contributed by atoms with E-state index in [2.05, 4.69) is 0 Å². The van der Waals surface area contributed by atoms with Crippen LogP contribution in [0.1, 0.15) is 11.1 Å². The minimum atomic E-state index is -4.21. The number of carbonyl (C=O) groups is 1. The maximum absolute atomic E-state index is 12.5. The Hall–Kier alpha value is -3.34. The second-order valence-corrected chi connectivity index (χ2v) is 7.60. The predicted molar refractivity (Wildman–Crippen MR) is 103 cm³/mol. The van der Waals surface area contributed by atoms with Gasteiger partial charge in [0.25, 0.3) is 15.7 Å². The van der Waals surface area contributed by atoms with E-state index in [1.54, 1.807) is 0 Å². The van der Waals surface area contributed by atoms with E-state index in [1.807, 2.05) is 4.72 Å². The highest BCUT2D eigenvalue weighted by atomic mass is 32.2. The van der Waals surface area contributed by atoms with Gasteiger partial charge in [-0.2, -0.15) is 0 Å². The molecule has 0 aliphatic rings. The molecule has 11 heteroatoms. The van der Waals surface area contributed by atoms with Crippen LogP contribution >= 0.6 is 0 Å². The van der Waals surface area contributed by atoms with Crippen molar-refractivity contribution in [2.75, 3.05) is 21.3 Å². The maximum Gasteiger partial charge on any atom is 0.269 e. The van der Waals surface area contributed by atoms with Gasteiger partial charge in [0, 0.05) is 12.1 Å². The molecule has 29 heavy (non-hydrogen) atoms. The molecule has 0 heterocycles. The van der Waals surface area contributed by atoms with Crippen LogP contribution < -0.4 is 18.9 Å². The van der Waals surface area contributed by atoms with Gasteiger partial charge in [-0.3, -0.25) is 14.9 Å². The maximum atomic E-state index is 12.5. The van der Waals surface area contributed by atoms with E-state index in [0.29, 0.717) is 22.8 Å². The van der Waals surface area contributed by atoms with Crippen LogP contribution in [0.2, 0.25) is 0 Å². The number of methoxy groups -OCH3 is 3. The van der Waals surface area contributed by atoms with Crippen molar-refractivity contribution in [1.29, 1.82) is 0 Å². The number of non-ortho nitro benzene ring substituents is 1. The van der Waals surface area contributed by atoms with Gasteiger partial charge in [-0.05, 0) is 36.2 Å². The number of ether oxygens (including phenoxy) is 3. The molecule has 0 radical (unpaired) electrons. The van der Waals surface area contributed by atoms with Gasteiger partial charge in [0.05, 0.1) is 37.6 Å². The predicted octanol–water partition coefficient (Wildman–Crippen LogP) is 1.98. The minimum absolute atomic E-state index is 0.146. The lowest BCUT2D eigenvalue weighted by Crippen LogP contribution is -2.32. The number of carbonyl (C=O) groups excluding carboxylic acids is 1. The molecule has 0 atom stereocenters. The Labute approximate surface area is 167 Å². The molecule has 2 aromatic carbocycles. The van der Waals surface area contributed by atoms with Crippen LogP contribution in [0.4, 0.5) is 5.69 Å². The average Bonchev–Trinajstić information content (AvgIpc) is 2.66. The van der Waals surface area contributed by atoms with Crippen LogP contribution in [-0.2, 0) is 21.2 Å². The van der Waals surface area contributed by atoms with Gasteiger partial charge in [0.2, 0.25) is 11.7 Å². The number of nitrogens with zero attached hydrogens (tertiary/aromatic N) is 1. The summed E-state index contributed by atoms with van der Waals surface area (Å²) >= 11 is 0. The van der Waals surface area contributed by atoms with Gasteiger partial charge in [-0.25, -0.2) is 13.1 Å². The van der Waals surface area contributed by atoms with Gasteiger partial charge in [-0.15, -0.1) is 0 Å². The monoisotopic (exact) mass is 424 g/mol. The molecule has 0 fully saturated rings. The summed E-state index contributed by atoms with van der Waals surface area (Å²) in [7, 11) is 0.0693. The third-order valence-corrected chi connectivity index (χ3v) is 5.53. The molecule has 0 aliphatic carbocycles. The first-order valence-electron chi connectivity index (χ1n) is 8.22. The van der Waals surface area contributed by atoms with Gasteiger partial charge in [0.15, 0.2) is 11.5 Å². The van der Waals surface area contributed by atoms with E-state index < -0.39 is 20.9 Å². The minimum Gasteiger partial charge on any atom is -0.493 e. The molecule has 1 N–H and O–H groups in total. The largest absolute Gasteiger partial charge is 0.493 e. The van der Waals surface area contributed by atoms with Gasteiger partial charge in [0.1, 0.15) is 0 Å². The second kappa shape index (κ2) is 8.78. The highest BCUT2D eigenvalue weighted by Gasteiger charge is 2.23. The van der Waals surface area contributed by atoms with E-state index in [-0.39, 0.29) is 22.6 Å². The van der Waals surface area contributed by atoms with Crippen molar-refractivity contribution in [3.63, 3.8) is 0 Å². The highest BCUT2D eigenvalue weighted by Crippen LogP contribution is 2.38. The fourth-order valence-corrected chi connectivity index (χ4v) is 3.92. The number of rotatable bonds is 8. The molecule has 0 spiro atoms. The number of sulfonamides is 1. The number of nitro benzene ring substituents is 1. The number of amides is 1.